The van der Waals surface area contributed by atoms with E-state index in [-0.39, 0.29) is 5.91 Å². The second-order valence-corrected chi connectivity index (χ2v) is 8.44. The minimum atomic E-state index is -0.205. The lowest BCUT2D eigenvalue weighted by Gasteiger charge is -2.17. The smallest absolute Gasteiger partial charge is 0.253 e. The number of aromatic nitrogens is 2. The number of hydrogen-bond donors (Lipinski definition) is 0. The van der Waals surface area contributed by atoms with Crippen LogP contribution in [0.2, 0.25) is 10.0 Å². The largest absolute Gasteiger partial charge is 0.278 e. The van der Waals surface area contributed by atoms with E-state index in [0.29, 0.717) is 21.7 Å². The Bertz CT molecular complexity index is 1240. The second-order valence-electron chi connectivity index (χ2n) is 6.62. The fourth-order valence-electron chi connectivity index (χ4n) is 2.96. The maximum absolute atomic E-state index is 13.2. The molecule has 0 saturated heterocycles. The molecule has 4 rings (SSSR count). The third-order valence-corrected chi connectivity index (χ3v) is 6.39. The van der Waals surface area contributed by atoms with Crippen LogP contribution in [-0.4, -0.2) is 15.9 Å². The molecule has 0 radical (unpaired) electrons. The van der Waals surface area contributed by atoms with Crippen molar-refractivity contribution in [3.8, 4) is 0 Å². The highest BCUT2D eigenvalue weighted by Gasteiger charge is 2.20. The van der Waals surface area contributed by atoms with Gasteiger partial charge in [-0.3, -0.25) is 14.7 Å². The Balaban J connectivity index is 1.72. The molecule has 0 aliphatic heterocycles. The summed E-state index contributed by atoms with van der Waals surface area (Å²) >= 11 is 13.9. The lowest BCUT2D eigenvalue weighted by atomic mass is 10.2. The van der Waals surface area contributed by atoms with Gasteiger partial charge >= 0.3 is 0 Å². The Morgan fingerprint density at radius 3 is 2.63 bits per heavy atom. The summed E-state index contributed by atoms with van der Waals surface area (Å²) in [6.07, 6.45) is 4.93. The summed E-state index contributed by atoms with van der Waals surface area (Å²) in [5.74, 6) is -0.205. The SMILES string of the molecule is Cc1c(Cl)ccc2sc(N(Cc3ccccn3)C(=O)/C=C/c3ccccc3Cl)nc12. The summed E-state index contributed by atoms with van der Waals surface area (Å²) in [7, 11) is 0. The summed E-state index contributed by atoms with van der Waals surface area (Å²) in [5, 5.41) is 1.83. The van der Waals surface area contributed by atoms with Crippen molar-refractivity contribution in [2.75, 3.05) is 4.90 Å². The fraction of sp³-hybridized carbons (Fsp3) is 0.0870. The van der Waals surface area contributed by atoms with Gasteiger partial charge in [0.25, 0.3) is 5.91 Å². The predicted molar refractivity (Wildman–Crippen MR) is 125 cm³/mol. The van der Waals surface area contributed by atoms with E-state index in [1.54, 1.807) is 23.2 Å². The summed E-state index contributed by atoms with van der Waals surface area (Å²) in [6.45, 7) is 2.23. The molecule has 2 aromatic heterocycles. The van der Waals surface area contributed by atoms with Gasteiger partial charge in [0.15, 0.2) is 5.13 Å². The van der Waals surface area contributed by atoms with Crippen molar-refractivity contribution in [2.24, 2.45) is 0 Å². The Labute approximate surface area is 188 Å². The Kier molecular flexibility index (Phi) is 6.13. The molecule has 1 amide bonds. The molecule has 0 unspecified atom stereocenters. The number of nitrogens with zero attached hydrogens (tertiary/aromatic N) is 3. The Hall–Kier alpha value is -2.73. The zero-order valence-corrected chi connectivity index (χ0v) is 18.4. The average molecular weight is 454 g/mol. The topological polar surface area (TPSA) is 46.1 Å². The number of carbonyl (C=O) groups is 1. The number of rotatable bonds is 5. The van der Waals surface area contributed by atoms with Crippen LogP contribution in [0.1, 0.15) is 16.8 Å². The van der Waals surface area contributed by atoms with Crippen LogP contribution in [0.4, 0.5) is 5.13 Å². The summed E-state index contributed by atoms with van der Waals surface area (Å²) in [4.78, 5) is 23.9. The standard InChI is InChI=1S/C23H17Cl2N3OS/c1-15-18(24)10-11-20-22(15)27-23(30-20)28(14-17-7-4-5-13-26-17)21(29)12-9-16-6-2-3-8-19(16)25/h2-13H,14H2,1H3/b12-9+. The quantitative estimate of drug-likeness (QED) is 0.321. The molecule has 0 aliphatic carbocycles. The minimum Gasteiger partial charge on any atom is -0.278 e. The summed E-state index contributed by atoms with van der Waals surface area (Å²) < 4.78 is 0.973. The first-order chi connectivity index (χ1) is 14.5. The van der Waals surface area contributed by atoms with Crippen molar-refractivity contribution in [1.82, 2.24) is 9.97 Å². The van der Waals surface area contributed by atoms with Gasteiger partial charge in [-0.1, -0.05) is 58.8 Å². The molecule has 2 heterocycles. The molecule has 4 nitrogen and oxygen atoms in total. The predicted octanol–water partition coefficient (Wildman–Crippen LogP) is 6.55. The monoisotopic (exact) mass is 453 g/mol. The van der Waals surface area contributed by atoms with Crippen LogP contribution in [0, 0.1) is 6.92 Å². The molecule has 4 aromatic rings. The van der Waals surface area contributed by atoms with E-state index in [9.17, 15) is 4.79 Å². The molecule has 0 fully saturated rings. The molecule has 2 aromatic carbocycles. The number of hydrogen-bond acceptors (Lipinski definition) is 4. The zero-order chi connectivity index (χ0) is 21.1. The molecule has 0 atom stereocenters. The molecular weight excluding hydrogens is 437 g/mol. The summed E-state index contributed by atoms with van der Waals surface area (Å²) in [5.41, 5.74) is 3.24. The van der Waals surface area contributed by atoms with Crippen LogP contribution in [0.15, 0.2) is 66.9 Å². The van der Waals surface area contributed by atoms with Crippen LogP contribution in [0.5, 0.6) is 0 Å². The lowest BCUT2D eigenvalue weighted by molar-refractivity contribution is -0.114. The number of aryl methyl sites for hydroxylation is 1. The number of pyridine rings is 1. The average Bonchev–Trinajstić information content (AvgIpc) is 3.19. The highest BCUT2D eigenvalue weighted by atomic mass is 35.5. The van der Waals surface area contributed by atoms with Gasteiger partial charge in [-0.25, -0.2) is 4.98 Å². The lowest BCUT2D eigenvalue weighted by Crippen LogP contribution is -2.29. The van der Waals surface area contributed by atoms with E-state index in [4.69, 9.17) is 28.2 Å². The summed E-state index contributed by atoms with van der Waals surface area (Å²) in [6, 6.07) is 16.8. The number of benzene rings is 2. The number of carbonyl (C=O) groups excluding carboxylic acids is 1. The molecule has 0 spiro atoms. The molecule has 0 bridgehead atoms. The highest BCUT2D eigenvalue weighted by Crippen LogP contribution is 2.34. The highest BCUT2D eigenvalue weighted by molar-refractivity contribution is 7.22. The van der Waals surface area contributed by atoms with Gasteiger partial charge in [0.05, 0.1) is 22.5 Å². The molecular formula is C23H17Cl2N3OS. The van der Waals surface area contributed by atoms with Crippen LogP contribution in [0.3, 0.4) is 0 Å². The van der Waals surface area contributed by atoms with E-state index in [1.165, 1.54) is 17.4 Å². The number of anilines is 1. The van der Waals surface area contributed by atoms with Gasteiger partial charge < -0.3 is 0 Å². The maximum Gasteiger partial charge on any atom is 0.253 e. The first kappa shape index (κ1) is 20.5. The first-order valence-electron chi connectivity index (χ1n) is 9.22. The number of amides is 1. The van der Waals surface area contributed by atoms with Gasteiger partial charge in [-0.15, -0.1) is 0 Å². The third kappa shape index (κ3) is 4.38. The Morgan fingerprint density at radius 2 is 1.87 bits per heavy atom. The molecule has 0 aliphatic rings. The maximum atomic E-state index is 13.2. The fourth-order valence-corrected chi connectivity index (χ4v) is 4.34. The molecule has 7 heteroatoms. The van der Waals surface area contributed by atoms with Gasteiger partial charge in [0.2, 0.25) is 0 Å². The van der Waals surface area contributed by atoms with Crippen molar-refractivity contribution in [3.63, 3.8) is 0 Å². The second kappa shape index (κ2) is 8.96. The third-order valence-electron chi connectivity index (χ3n) is 4.59. The van der Waals surface area contributed by atoms with Gasteiger partial charge in [0, 0.05) is 22.3 Å². The van der Waals surface area contributed by atoms with Crippen molar-refractivity contribution >= 4 is 61.9 Å². The molecule has 150 valence electrons. The number of thiazole rings is 1. The van der Waals surface area contributed by atoms with Crippen LogP contribution in [0.25, 0.3) is 16.3 Å². The van der Waals surface area contributed by atoms with E-state index in [0.717, 1.165) is 27.0 Å². The van der Waals surface area contributed by atoms with Gasteiger partial charge in [-0.2, -0.15) is 0 Å². The van der Waals surface area contributed by atoms with Crippen molar-refractivity contribution in [3.05, 3.63) is 93.7 Å². The molecule has 0 N–H and O–H groups in total. The van der Waals surface area contributed by atoms with E-state index < -0.39 is 0 Å². The zero-order valence-electron chi connectivity index (χ0n) is 16.0. The van der Waals surface area contributed by atoms with Gasteiger partial charge in [0.1, 0.15) is 0 Å². The van der Waals surface area contributed by atoms with E-state index >= 15 is 0 Å². The molecule has 30 heavy (non-hydrogen) atoms. The minimum absolute atomic E-state index is 0.205. The molecule has 0 saturated carbocycles. The number of fused-ring (bicyclic) bond motifs is 1. The van der Waals surface area contributed by atoms with Crippen molar-refractivity contribution < 1.29 is 4.79 Å². The van der Waals surface area contributed by atoms with Crippen molar-refractivity contribution in [1.29, 1.82) is 0 Å². The van der Waals surface area contributed by atoms with E-state index in [1.807, 2.05) is 55.5 Å². The Morgan fingerprint density at radius 1 is 1.07 bits per heavy atom. The van der Waals surface area contributed by atoms with Crippen molar-refractivity contribution in [2.45, 2.75) is 13.5 Å². The first-order valence-corrected chi connectivity index (χ1v) is 10.8. The van der Waals surface area contributed by atoms with Crippen LogP contribution < -0.4 is 4.90 Å². The number of halogens is 2. The van der Waals surface area contributed by atoms with Gasteiger partial charge in [-0.05, 0) is 54.5 Å². The normalized spacial score (nSPS) is 11.3. The van der Waals surface area contributed by atoms with Crippen LogP contribution in [-0.2, 0) is 11.3 Å². The van der Waals surface area contributed by atoms with Crippen LogP contribution >= 0.6 is 34.5 Å². The van der Waals surface area contributed by atoms with E-state index in [2.05, 4.69) is 4.98 Å².